The van der Waals surface area contributed by atoms with Gasteiger partial charge in [-0.15, -0.1) is 0 Å². The van der Waals surface area contributed by atoms with Crippen molar-refractivity contribution >= 4 is 19.8 Å². The van der Waals surface area contributed by atoms with Crippen LogP contribution in [0.3, 0.4) is 0 Å². The average Bonchev–Trinajstić information content (AvgIpc) is 2.14. The third kappa shape index (κ3) is 74.2. The van der Waals surface area contributed by atoms with Gasteiger partial charge in [-0.25, -0.2) is 4.57 Å². The fraction of sp³-hybridized carbons (Fsp3) is 0.610. The molecule has 0 rings (SSSR count). The molecule has 9 nitrogen and oxygen atoms in total. The molecule has 2 unspecified atom stereocenters. The van der Waals surface area contributed by atoms with E-state index in [9.17, 15) is 19.0 Å². The molecule has 0 spiro atoms. The summed E-state index contributed by atoms with van der Waals surface area (Å²) < 4.78 is 34.7. The van der Waals surface area contributed by atoms with Crippen LogP contribution < -0.4 is 0 Å². The Morgan fingerprint density at radius 1 is 0.348 bits per heavy atom. The van der Waals surface area contributed by atoms with E-state index in [4.69, 9.17) is 18.5 Å². The molecular weight excluding hydrogens is 1160 g/mol. The minimum absolute atomic E-state index is 0.0136. The smallest absolute Gasteiger partial charge is 0.462 e. The predicted molar refractivity (Wildman–Crippen MR) is 399 cm³/mol. The number of rotatable bonds is 65. The molecular formula is C82H135NO8P+. The summed E-state index contributed by atoms with van der Waals surface area (Å²) in [6, 6.07) is 0. The Hall–Kier alpha value is -4.89. The van der Waals surface area contributed by atoms with Crippen molar-refractivity contribution in [3.05, 3.63) is 182 Å². The summed E-state index contributed by atoms with van der Waals surface area (Å²) in [4.78, 5) is 35.9. The Morgan fingerprint density at radius 3 is 0.946 bits per heavy atom. The van der Waals surface area contributed by atoms with E-state index >= 15 is 0 Å². The van der Waals surface area contributed by atoms with Crippen molar-refractivity contribution in [3.63, 3.8) is 0 Å². The maximum atomic E-state index is 12.9. The Morgan fingerprint density at radius 2 is 0.620 bits per heavy atom. The molecule has 0 bridgehead atoms. The lowest BCUT2D eigenvalue weighted by atomic mass is 10.0. The first-order valence-electron chi connectivity index (χ1n) is 36.5. The maximum Gasteiger partial charge on any atom is 0.472 e. The summed E-state index contributed by atoms with van der Waals surface area (Å²) in [7, 11) is 1.43. The van der Waals surface area contributed by atoms with E-state index in [1.54, 1.807) is 0 Å². The maximum absolute atomic E-state index is 12.9. The van der Waals surface area contributed by atoms with Crippen molar-refractivity contribution in [2.75, 3.05) is 47.5 Å². The summed E-state index contributed by atoms with van der Waals surface area (Å²) in [5, 5.41) is 0. The first kappa shape index (κ1) is 87.1. The number of carbonyl (C=O) groups is 2. The lowest BCUT2D eigenvalue weighted by Gasteiger charge is -2.24. The van der Waals surface area contributed by atoms with Crippen molar-refractivity contribution in [3.8, 4) is 0 Å². The monoisotopic (exact) mass is 1290 g/mol. The van der Waals surface area contributed by atoms with Gasteiger partial charge in [0.1, 0.15) is 19.8 Å². The van der Waals surface area contributed by atoms with Gasteiger partial charge in [-0.05, 0) is 141 Å². The van der Waals surface area contributed by atoms with Crippen LogP contribution in [0.2, 0.25) is 0 Å². The summed E-state index contributed by atoms with van der Waals surface area (Å²) in [6.45, 7) is 4.25. The average molecular weight is 1290 g/mol. The molecule has 2 atom stereocenters. The molecule has 520 valence electrons. The van der Waals surface area contributed by atoms with Gasteiger partial charge in [0.15, 0.2) is 6.10 Å². The number of ether oxygens (including phenoxy) is 2. The standard InChI is InChI=1S/C82H134NO8P/c1-6-8-10-12-14-16-18-20-22-24-26-28-30-32-34-36-37-38-39-40-41-42-43-44-45-47-49-51-53-55-57-59-61-63-65-67-69-71-73-75-82(85)91-80(79-90-92(86,87)89-77-76-83(3,4)5)78-88-81(84)74-72-70-68-66-64-62-60-58-56-54-52-50-48-46-35-33-31-29-27-25-23-21-19-17-15-13-11-9-7-2/h8,10,14,16,19-22,25-28,31-34,37-38,40-41,43-44,47,49,53,55,59,61,65,67,80H,6-7,9,11-13,15,17-18,23-24,29-30,35-36,39,42,45-46,48,50-52,54,56-58,60,62-64,66,68-79H2,1-5H3/p+1/b10-8-,16-14-,21-19-,22-20-,27-25-,28-26-,33-31-,34-32-,38-37-,41-40-,44-43-,49-47-,55-53-,61-59-,67-65-. The van der Waals surface area contributed by atoms with Gasteiger partial charge in [0, 0.05) is 12.8 Å². The van der Waals surface area contributed by atoms with Crippen LogP contribution in [0.25, 0.3) is 0 Å². The molecule has 0 aliphatic rings. The molecule has 0 aromatic carbocycles. The van der Waals surface area contributed by atoms with Crippen LogP contribution in [0, 0.1) is 0 Å². The topological polar surface area (TPSA) is 108 Å². The molecule has 0 aliphatic carbocycles. The highest BCUT2D eigenvalue weighted by atomic mass is 31.2. The van der Waals surface area contributed by atoms with E-state index in [0.29, 0.717) is 17.4 Å². The molecule has 0 amide bonds. The number of hydrogen-bond acceptors (Lipinski definition) is 7. The van der Waals surface area contributed by atoms with Gasteiger partial charge in [0.2, 0.25) is 0 Å². The minimum Gasteiger partial charge on any atom is -0.462 e. The Bertz CT molecular complexity index is 2210. The van der Waals surface area contributed by atoms with E-state index in [2.05, 4.69) is 196 Å². The number of unbranched alkanes of at least 4 members (excludes halogenated alkanes) is 21. The van der Waals surface area contributed by atoms with Gasteiger partial charge in [-0.3, -0.25) is 18.6 Å². The van der Waals surface area contributed by atoms with Crippen molar-refractivity contribution in [1.29, 1.82) is 0 Å². The van der Waals surface area contributed by atoms with Crippen molar-refractivity contribution in [2.45, 2.75) is 277 Å². The number of hydrogen-bond donors (Lipinski definition) is 1. The molecule has 0 saturated heterocycles. The molecule has 0 radical (unpaired) electrons. The van der Waals surface area contributed by atoms with Crippen LogP contribution >= 0.6 is 7.82 Å². The first-order chi connectivity index (χ1) is 45.0. The van der Waals surface area contributed by atoms with E-state index in [1.807, 2.05) is 21.1 Å². The molecule has 1 N–H and O–H groups in total. The van der Waals surface area contributed by atoms with E-state index < -0.39 is 26.5 Å². The molecule has 0 fully saturated rings. The highest BCUT2D eigenvalue weighted by Gasteiger charge is 2.27. The number of carbonyl (C=O) groups excluding carboxylic acids is 2. The molecule has 0 aromatic rings. The number of likely N-dealkylation sites (N-methyl/N-ethyl adjacent to an activating group) is 1. The number of phosphoric acid groups is 1. The SMILES string of the molecule is CC/C=C\C/C=C\C/C=C\C/C=C\C/C=C\C/C=C\C/C=C\C/C=C\C/C=C\C/C=C\C/C=C\C/C=C\CCCCC(=O)OC(COC(=O)CCCCCCCCCCCCCCCC/C=C\C/C=C\C/C=C\CCCCCCC)COP(=O)(O)OCC[N+](C)(C)C. The van der Waals surface area contributed by atoms with Crippen LogP contribution in [-0.2, 0) is 32.7 Å². The van der Waals surface area contributed by atoms with Crippen molar-refractivity contribution < 1.29 is 42.1 Å². The second kappa shape index (κ2) is 70.4. The second-order valence-corrected chi connectivity index (χ2v) is 26.3. The predicted octanol–water partition coefficient (Wildman–Crippen LogP) is 24.3. The van der Waals surface area contributed by atoms with Gasteiger partial charge in [0.25, 0.3) is 0 Å². The van der Waals surface area contributed by atoms with E-state index in [0.717, 1.165) is 122 Å². The van der Waals surface area contributed by atoms with E-state index in [1.165, 1.54) is 116 Å². The molecule has 0 aromatic heterocycles. The highest BCUT2D eigenvalue weighted by molar-refractivity contribution is 7.47. The lowest BCUT2D eigenvalue weighted by Crippen LogP contribution is -2.37. The molecule has 0 saturated carbocycles. The van der Waals surface area contributed by atoms with E-state index in [-0.39, 0.29) is 32.0 Å². The summed E-state index contributed by atoms with van der Waals surface area (Å²) in [5.41, 5.74) is 0. The third-order valence-electron chi connectivity index (χ3n) is 14.9. The lowest BCUT2D eigenvalue weighted by molar-refractivity contribution is -0.870. The second-order valence-electron chi connectivity index (χ2n) is 24.9. The van der Waals surface area contributed by atoms with Crippen LogP contribution in [0.4, 0.5) is 0 Å². The summed E-state index contributed by atoms with van der Waals surface area (Å²) in [5.74, 6) is -0.858. The third-order valence-corrected chi connectivity index (χ3v) is 15.9. The summed E-state index contributed by atoms with van der Waals surface area (Å²) in [6.07, 6.45) is 109. The molecule has 92 heavy (non-hydrogen) atoms. The number of nitrogens with zero attached hydrogens (tertiary/aromatic N) is 1. The van der Waals surface area contributed by atoms with Gasteiger partial charge in [-0.1, -0.05) is 299 Å². The van der Waals surface area contributed by atoms with Crippen molar-refractivity contribution in [1.82, 2.24) is 0 Å². The quantitative estimate of drug-likeness (QED) is 0.0211. The Balaban J connectivity index is 4.20. The fourth-order valence-electron chi connectivity index (χ4n) is 9.36. The van der Waals surface area contributed by atoms with Crippen LogP contribution in [0.1, 0.15) is 271 Å². The van der Waals surface area contributed by atoms with Crippen molar-refractivity contribution in [2.24, 2.45) is 0 Å². The highest BCUT2D eigenvalue weighted by Crippen LogP contribution is 2.43. The normalized spacial score (nSPS) is 14.2. The molecule has 0 aliphatic heterocycles. The number of phosphoric ester groups is 1. The minimum atomic E-state index is -4.42. The van der Waals surface area contributed by atoms with Gasteiger partial charge < -0.3 is 18.9 Å². The number of allylic oxidation sites excluding steroid dienone is 30. The van der Waals surface area contributed by atoms with Crippen LogP contribution in [0.15, 0.2) is 182 Å². The zero-order valence-electron chi connectivity index (χ0n) is 59.2. The van der Waals surface area contributed by atoms with Gasteiger partial charge >= 0.3 is 19.8 Å². The van der Waals surface area contributed by atoms with Crippen LogP contribution in [-0.4, -0.2) is 74.9 Å². The van der Waals surface area contributed by atoms with Gasteiger partial charge in [-0.2, -0.15) is 0 Å². The fourth-order valence-corrected chi connectivity index (χ4v) is 10.1. The molecule has 0 heterocycles. The van der Waals surface area contributed by atoms with Crippen LogP contribution in [0.5, 0.6) is 0 Å². The molecule has 10 heteroatoms. The Kier molecular flexibility index (Phi) is 66.7. The number of esters is 2. The summed E-state index contributed by atoms with van der Waals surface area (Å²) >= 11 is 0. The Labute approximate surface area is 565 Å². The zero-order valence-corrected chi connectivity index (χ0v) is 60.1. The first-order valence-corrected chi connectivity index (χ1v) is 38.0. The van der Waals surface area contributed by atoms with Gasteiger partial charge in [0.05, 0.1) is 27.7 Å². The number of quaternary nitrogens is 1. The largest absolute Gasteiger partial charge is 0.472 e. The zero-order chi connectivity index (χ0) is 66.9.